The summed E-state index contributed by atoms with van der Waals surface area (Å²) in [7, 11) is 2.23. The van der Waals surface area contributed by atoms with E-state index in [1.807, 2.05) is 0 Å². The third-order valence-corrected chi connectivity index (χ3v) is 3.98. The fourth-order valence-electron chi connectivity index (χ4n) is 2.15. The molecule has 0 aliphatic heterocycles. The molecule has 0 radical (unpaired) electrons. The maximum atomic E-state index is 5.92. The molecule has 0 bridgehead atoms. The third-order valence-electron chi connectivity index (χ3n) is 3.98. The molecule has 0 fully saturated rings. The average molecular weight is 214 g/mol. The van der Waals surface area contributed by atoms with Crippen molar-refractivity contribution in [2.45, 2.75) is 59.4 Å². The predicted molar refractivity (Wildman–Crippen MR) is 69.1 cm³/mol. The maximum Gasteiger partial charge on any atom is 0.00640 e. The Morgan fingerprint density at radius 2 is 1.73 bits per heavy atom. The highest BCUT2D eigenvalue weighted by atomic mass is 15.1. The van der Waals surface area contributed by atoms with E-state index in [0.29, 0.717) is 11.5 Å². The van der Waals surface area contributed by atoms with E-state index in [4.69, 9.17) is 5.73 Å². The van der Waals surface area contributed by atoms with Crippen LogP contribution in [0.5, 0.6) is 0 Å². The summed E-state index contributed by atoms with van der Waals surface area (Å²) in [5, 5.41) is 0. The zero-order chi connectivity index (χ0) is 11.9. The Kier molecular flexibility index (Phi) is 7.20. The van der Waals surface area contributed by atoms with Gasteiger partial charge in [-0.05, 0) is 45.2 Å². The first-order valence-corrected chi connectivity index (χ1v) is 6.45. The van der Waals surface area contributed by atoms with Crippen LogP contribution in [0.1, 0.15) is 53.4 Å². The van der Waals surface area contributed by atoms with Crippen molar-refractivity contribution in [3.05, 3.63) is 0 Å². The Balaban J connectivity index is 4.27. The first-order chi connectivity index (χ1) is 7.05. The lowest BCUT2D eigenvalue weighted by molar-refractivity contribution is 0.132. The Bertz CT molecular complexity index is 144. The van der Waals surface area contributed by atoms with Crippen molar-refractivity contribution in [1.82, 2.24) is 4.90 Å². The van der Waals surface area contributed by atoms with Crippen LogP contribution in [-0.4, -0.2) is 31.1 Å². The largest absolute Gasteiger partial charge is 0.330 e. The summed E-state index contributed by atoms with van der Waals surface area (Å²) < 4.78 is 0. The van der Waals surface area contributed by atoms with Crippen molar-refractivity contribution < 1.29 is 0 Å². The lowest BCUT2D eigenvalue weighted by Gasteiger charge is -2.37. The summed E-state index contributed by atoms with van der Waals surface area (Å²) in [5.41, 5.74) is 6.25. The van der Waals surface area contributed by atoms with Gasteiger partial charge in [-0.25, -0.2) is 0 Å². The molecule has 92 valence electrons. The number of nitrogens with two attached hydrogens (primary N) is 1. The summed E-state index contributed by atoms with van der Waals surface area (Å²) in [4.78, 5) is 2.48. The van der Waals surface area contributed by atoms with E-state index in [2.05, 4.69) is 39.6 Å². The molecular formula is C13H30N2. The first-order valence-electron chi connectivity index (χ1n) is 6.45. The van der Waals surface area contributed by atoms with Gasteiger partial charge in [0.05, 0.1) is 0 Å². The highest BCUT2D eigenvalue weighted by Crippen LogP contribution is 2.26. The van der Waals surface area contributed by atoms with Crippen LogP contribution < -0.4 is 5.73 Å². The van der Waals surface area contributed by atoms with Crippen molar-refractivity contribution >= 4 is 0 Å². The Morgan fingerprint density at radius 3 is 2.07 bits per heavy atom. The van der Waals surface area contributed by atoms with Gasteiger partial charge in [0, 0.05) is 12.6 Å². The monoisotopic (exact) mass is 214 g/mol. The molecule has 2 N–H and O–H groups in total. The second-order valence-corrected chi connectivity index (χ2v) is 4.96. The molecule has 0 aliphatic carbocycles. The van der Waals surface area contributed by atoms with E-state index in [1.165, 1.54) is 25.7 Å². The SMILES string of the molecule is CCCC(C)N(C)CC(CC)(CC)CN. The normalized spacial score (nSPS) is 14.6. The van der Waals surface area contributed by atoms with Crippen LogP contribution in [0.4, 0.5) is 0 Å². The van der Waals surface area contributed by atoms with E-state index in [9.17, 15) is 0 Å². The lowest BCUT2D eigenvalue weighted by atomic mass is 9.81. The standard InChI is InChI=1S/C13H30N2/c1-6-9-12(4)15(5)11-13(7-2,8-3)10-14/h12H,6-11,14H2,1-5H3. The van der Waals surface area contributed by atoms with Gasteiger partial charge in [0.25, 0.3) is 0 Å². The van der Waals surface area contributed by atoms with Gasteiger partial charge in [-0.15, -0.1) is 0 Å². The van der Waals surface area contributed by atoms with Gasteiger partial charge in [0.15, 0.2) is 0 Å². The minimum Gasteiger partial charge on any atom is -0.330 e. The molecule has 0 aliphatic rings. The molecule has 0 saturated carbocycles. The summed E-state index contributed by atoms with van der Waals surface area (Å²) in [6.07, 6.45) is 4.91. The van der Waals surface area contributed by atoms with Crippen LogP contribution in [0, 0.1) is 5.41 Å². The molecule has 1 unspecified atom stereocenters. The molecular weight excluding hydrogens is 184 g/mol. The summed E-state index contributed by atoms with van der Waals surface area (Å²) in [5.74, 6) is 0. The van der Waals surface area contributed by atoms with Gasteiger partial charge in [-0.1, -0.05) is 27.2 Å². The Labute approximate surface area is 96.2 Å². The molecule has 0 spiro atoms. The minimum atomic E-state index is 0.330. The summed E-state index contributed by atoms with van der Waals surface area (Å²) in [6, 6.07) is 0.680. The minimum absolute atomic E-state index is 0.330. The topological polar surface area (TPSA) is 29.3 Å². The van der Waals surface area contributed by atoms with E-state index < -0.39 is 0 Å². The zero-order valence-electron chi connectivity index (χ0n) is 11.3. The van der Waals surface area contributed by atoms with Gasteiger partial charge in [0.1, 0.15) is 0 Å². The number of rotatable bonds is 8. The summed E-state index contributed by atoms with van der Waals surface area (Å²) in [6.45, 7) is 11.0. The van der Waals surface area contributed by atoms with Crippen LogP contribution in [0.25, 0.3) is 0 Å². The van der Waals surface area contributed by atoms with E-state index in [-0.39, 0.29) is 0 Å². The highest BCUT2D eigenvalue weighted by molar-refractivity contribution is 4.82. The molecule has 2 heteroatoms. The summed E-state index contributed by atoms with van der Waals surface area (Å²) >= 11 is 0. The molecule has 0 rings (SSSR count). The second kappa shape index (κ2) is 7.24. The Morgan fingerprint density at radius 1 is 1.20 bits per heavy atom. The molecule has 0 aromatic rings. The third kappa shape index (κ3) is 4.52. The van der Waals surface area contributed by atoms with Crippen LogP contribution in [-0.2, 0) is 0 Å². The van der Waals surface area contributed by atoms with Gasteiger partial charge in [-0.2, -0.15) is 0 Å². The molecule has 0 aromatic carbocycles. The number of nitrogens with zero attached hydrogens (tertiary/aromatic N) is 1. The van der Waals surface area contributed by atoms with Crippen molar-refractivity contribution in [2.75, 3.05) is 20.1 Å². The smallest absolute Gasteiger partial charge is 0.00640 e. The maximum absolute atomic E-state index is 5.92. The van der Waals surface area contributed by atoms with Crippen molar-refractivity contribution in [1.29, 1.82) is 0 Å². The quantitative estimate of drug-likeness (QED) is 0.673. The van der Waals surface area contributed by atoms with Gasteiger partial charge in [-0.3, -0.25) is 0 Å². The number of hydrogen-bond acceptors (Lipinski definition) is 2. The molecule has 0 heterocycles. The average Bonchev–Trinajstić information content (AvgIpc) is 2.26. The van der Waals surface area contributed by atoms with E-state index in [0.717, 1.165) is 13.1 Å². The van der Waals surface area contributed by atoms with Crippen LogP contribution in [0.15, 0.2) is 0 Å². The second-order valence-electron chi connectivity index (χ2n) is 4.96. The molecule has 0 amide bonds. The fraction of sp³-hybridized carbons (Fsp3) is 1.00. The zero-order valence-corrected chi connectivity index (χ0v) is 11.3. The predicted octanol–water partition coefficient (Wildman–Crippen LogP) is 2.87. The first kappa shape index (κ1) is 14.9. The van der Waals surface area contributed by atoms with Crippen molar-refractivity contribution in [3.63, 3.8) is 0 Å². The molecule has 0 saturated heterocycles. The van der Waals surface area contributed by atoms with Crippen LogP contribution in [0.3, 0.4) is 0 Å². The van der Waals surface area contributed by atoms with E-state index >= 15 is 0 Å². The van der Waals surface area contributed by atoms with Gasteiger partial charge < -0.3 is 10.6 Å². The van der Waals surface area contributed by atoms with Gasteiger partial charge in [0.2, 0.25) is 0 Å². The highest BCUT2D eigenvalue weighted by Gasteiger charge is 2.27. The molecule has 2 nitrogen and oxygen atoms in total. The number of hydrogen-bond donors (Lipinski definition) is 1. The van der Waals surface area contributed by atoms with Gasteiger partial charge >= 0.3 is 0 Å². The Hall–Kier alpha value is -0.0800. The fourth-order valence-corrected chi connectivity index (χ4v) is 2.15. The van der Waals surface area contributed by atoms with Crippen molar-refractivity contribution in [2.24, 2.45) is 11.1 Å². The van der Waals surface area contributed by atoms with Crippen molar-refractivity contribution in [3.8, 4) is 0 Å². The van der Waals surface area contributed by atoms with Crippen LogP contribution in [0.2, 0.25) is 0 Å². The van der Waals surface area contributed by atoms with Crippen LogP contribution >= 0.6 is 0 Å². The molecule has 0 aromatic heterocycles. The molecule has 1 atom stereocenters. The van der Waals surface area contributed by atoms with E-state index in [1.54, 1.807) is 0 Å². The molecule has 15 heavy (non-hydrogen) atoms. The lowest BCUT2D eigenvalue weighted by Crippen LogP contribution is -2.43.